The van der Waals surface area contributed by atoms with Gasteiger partial charge in [0.25, 0.3) is 0 Å². The maximum absolute atomic E-state index is 13.5. The van der Waals surface area contributed by atoms with Crippen LogP contribution in [-0.2, 0) is 11.2 Å². The molecule has 1 unspecified atom stereocenters. The van der Waals surface area contributed by atoms with Gasteiger partial charge < -0.3 is 24.2 Å². The van der Waals surface area contributed by atoms with Crippen LogP contribution in [0.5, 0.6) is 17.2 Å². The third kappa shape index (κ3) is 4.41. The van der Waals surface area contributed by atoms with Gasteiger partial charge in [-0.15, -0.1) is 0 Å². The molecule has 7 heteroatoms. The Morgan fingerprint density at radius 3 is 2.15 bits per heavy atom. The molecule has 0 radical (unpaired) electrons. The lowest BCUT2D eigenvalue weighted by Gasteiger charge is -2.38. The molecule has 34 heavy (non-hydrogen) atoms. The molecule has 1 aliphatic heterocycles. The summed E-state index contributed by atoms with van der Waals surface area (Å²) in [6.07, 6.45) is 0.190. The maximum Gasteiger partial charge on any atom is 0.335 e. The maximum atomic E-state index is 13.5. The highest BCUT2D eigenvalue weighted by atomic mass is 16.5. The summed E-state index contributed by atoms with van der Waals surface area (Å²) in [5, 5.41) is 9.28. The summed E-state index contributed by atoms with van der Waals surface area (Å²) < 4.78 is 17.0. The second kappa shape index (κ2) is 9.87. The van der Waals surface area contributed by atoms with E-state index in [0.29, 0.717) is 36.1 Å². The van der Waals surface area contributed by atoms with Crippen LogP contribution in [0.1, 0.15) is 46.9 Å². The number of amides is 1. The highest BCUT2D eigenvalue weighted by Gasteiger charge is 2.36. The number of anilines is 1. The van der Waals surface area contributed by atoms with E-state index in [1.54, 1.807) is 24.1 Å². The van der Waals surface area contributed by atoms with Crippen LogP contribution in [0.25, 0.3) is 0 Å². The lowest BCUT2D eigenvalue weighted by atomic mass is 9.86. The van der Waals surface area contributed by atoms with E-state index in [-0.39, 0.29) is 17.9 Å². The van der Waals surface area contributed by atoms with Crippen molar-refractivity contribution in [2.24, 2.45) is 0 Å². The highest BCUT2D eigenvalue weighted by Crippen LogP contribution is 2.43. The van der Waals surface area contributed by atoms with Crippen LogP contribution in [0, 0.1) is 0 Å². The number of ether oxygens (including phenoxy) is 3. The second-order valence-electron chi connectivity index (χ2n) is 7.83. The first-order valence-corrected chi connectivity index (χ1v) is 11.2. The van der Waals surface area contributed by atoms with E-state index in [2.05, 4.69) is 0 Å². The molecular weight excluding hydrogens is 434 g/mol. The Bertz CT molecular complexity index is 1190. The summed E-state index contributed by atoms with van der Waals surface area (Å²) in [6, 6.07) is 17.3. The Labute approximate surface area is 198 Å². The lowest BCUT2D eigenvalue weighted by molar-refractivity contribution is -0.118. The summed E-state index contributed by atoms with van der Waals surface area (Å²) in [4.78, 5) is 26.5. The fourth-order valence-electron chi connectivity index (χ4n) is 4.27. The molecule has 1 atom stereocenters. The first-order valence-electron chi connectivity index (χ1n) is 11.2. The van der Waals surface area contributed by atoms with Crippen LogP contribution in [0.3, 0.4) is 0 Å². The third-order valence-corrected chi connectivity index (χ3v) is 5.79. The van der Waals surface area contributed by atoms with Gasteiger partial charge in [0.2, 0.25) is 5.91 Å². The van der Waals surface area contributed by atoms with Crippen molar-refractivity contribution in [3.05, 3.63) is 82.9 Å². The first-order chi connectivity index (χ1) is 16.5. The SMILES string of the molecule is CCOc1cc2c(cc1OCC)C(c1ccc(OC)cc1)N(c1ccc(C(=O)O)cc1)C(=O)C2. The van der Waals surface area contributed by atoms with Crippen LogP contribution in [0.2, 0.25) is 0 Å². The molecule has 0 aliphatic carbocycles. The number of carboxylic acid groups (broad SMARTS) is 1. The van der Waals surface area contributed by atoms with E-state index in [9.17, 15) is 14.7 Å². The van der Waals surface area contributed by atoms with E-state index in [1.165, 1.54) is 12.1 Å². The average molecular weight is 462 g/mol. The molecule has 3 aromatic carbocycles. The number of hydrogen-bond donors (Lipinski definition) is 1. The smallest absolute Gasteiger partial charge is 0.335 e. The van der Waals surface area contributed by atoms with Gasteiger partial charge in [0.05, 0.1) is 38.3 Å². The minimum atomic E-state index is -1.02. The molecule has 4 rings (SSSR count). The molecule has 1 amide bonds. The minimum absolute atomic E-state index is 0.0944. The minimum Gasteiger partial charge on any atom is -0.497 e. The van der Waals surface area contributed by atoms with Crippen molar-refractivity contribution in [1.29, 1.82) is 0 Å². The van der Waals surface area contributed by atoms with E-state index in [4.69, 9.17) is 14.2 Å². The molecule has 1 heterocycles. The van der Waals surface area contributed by atoms with Gasteiger partial charge in [0, 0.05) is 5.69 Å². The standard InChI is InChI=1S/C27H27NO6/c1-4-33-23-14-19-15-25(29)28(20-10-6-18(7-11-20)27(30)31)26(22(19)16-24(23)34-5-2)17-8-12-21(32-3)13-9-17/h6-14,16,26H,4-5,15H2,1-3H3,(H,30,31). The fraction of sp³-hybridized carbons (Fsp3) is 0.259. The number of nitrogens with zero attached hydrogens (tertiary/aromatic N) is 1. The van der Waals surface area contributed by atoms with Crippen molar-refractivity contribution in [3.8, 4) is 17.2 Å². The van der Waals surface area contributed by atoms with Gasteiger partial charge in [-0.2, -0.15) is 0 Å². The van der Waals surface area contributed by atoms with Gasteiger partial charge in [-0.1, -0.05) is 12.1 Å². The molecule has 0 bridgehead atoms. The molecule has 1 N–H and O–H groups in total. The van der Waals surface area contributed by atoms with Gasteiger partial charge in [0.1, 0.15) is 5.75 Å². The van der Waals surface area contributed by atoms with Crippen molar-refractivity contribution in [1.82, 2.24) is 0 Å². The quantitative estimate of drug-likeness (QED) is 0.515. The predicted molar refractivity (Wildman–Crippen MR) is 128 cm³/mol. The molecule has 0 saturated carbocycles. The number of aromatic carboxylic acids is 1. The summed E-state index contributed by atoms with van der Waals surface area (Å²) in [5.74, 6) is 0.840. The third-order valence-electron chi connectivity index (χ3n) is 5.79. The van der Waals surface area contributed by atoms with Crippen molar-refractivity contribution in [3.63, 3.8) is 0 Å². The normalized spacial score (nSPS) is 15.0. The first kappa shape index (κ1) is 23.2. The number of carbonyl (C=O) groups is 2. The number of carboxylic acids is 1. The van der Waals surface area contributed by atoms with E-state index in [1.807, 2.05) is 50.2 Å². The summed E-state index contributed by atoms with van der Waals surface area (Å²) in [7, 11) is 1.61. The van der Waals surface area contributed by atoms with Gasteiger partial charge >= 0.3 is 5.97 Å². The highest BCUT2D eigenvalue weighted by molar-refractivity contribution is 5.99. The Kier molecular flexibility index (Phi) is 6.72. The van der Waals surface area contributed by atoms with Gasteiger partial charge in [0.15, 0.2) is 11.5 Å². The zero-order valence-electron chi connectivity index (χ0n) is 19.4. The summed E-state index contributed by atoms with van der Waals surface area (Å²) >= 11 is 0. The molecule has 0 fully saturated rings. The molecule has 7 nitrogen and oxygen atoms in total. The van der Waals surface area contributed by atoms with E-state index < -0.39 is 12.0 Å². The number of hydrogen-bond acceptors (Lipinski definition) is 5. The fourth-order valence-corrected chi connectivity index (χ4v) is 4.27. The molecule has 0 saturated heterocycles. The van der Waals surface area contributed by atoms with Crippen LogP contribution in [0.15, 0.2) is 60.7 Å². The van der Waals surface area contributed by atoms with Crippen LogP contribution < -0.4 is 19.1 Å². The topological polar surface area (TPSA) is 85.3 Å². The van der Waals surface area contributed by atoms with Crippen LogP contribution >= 0.6 is 0 Å². The van der Waals surface area contributed by atoms with Crippen molar-refractivity contribution in [2.45, 2.75) is 26.3 Å². The van der Waals surface area contributed by atoms with Gasteiger partial charge in [-0.25, -0.2) is 4.79 Å². The Morgan fingerprint density at radius 1 is 0.971 bits per heavy atom. The zero-order valence-corrected chi connectivity index (χ0v) is 19.4. The Hall–Kier alpha value is -4.00. The lowest BCUT2D eigenvalue weighted by Crippen LogP contribution is -2.41. The Morgan fingerprint density at radius 2 is 1.59 bits per heavy atom. The zero-order chi connectivity index (χ0) is 24.2. The molecule has 176 valence electrons. The van der Waals surface area contributed by atoms with E-state index in [0.717, 1.165) is 16.7 Å². The predicted octanol–water partition coefficient (Wildman–Crippen LogP) is 4.87. The van der Waals surface area contributed by atoms with E-state index >= 15 is 0 Å². The molecule has 0 aromatic heterocycles. The summed E-state index contributed by atoms with van der Waals surface area (Å²) in [5.41, 5.74) is 3.47. The molecule has 0 spiro atoms. The van der Waals surface area contributed by atoms with Crippen molar-refractivity contribution < 1.29 is 28.9 Å². The number of benzene rings is 3. The Balaban J connectivity index is 1.89. The monoisotopic (exact) mass is 461 g/mol. The number of fused-ring (bicyclic) bond motifs is 1. The molecular formula is C27H27NO6. The van der Waals surface area contributed by atoms with Crippen LogP contribution in [-0.4, -0.2) is 37.3 Å². The van der Waals surface area contributed by atoms with Gasteiger partial charge in [-0.3, -0.25) is 4.79 Å². The van der Waals surface area contributed by atoms with Crippen molar-refractivity contribution >= 4 is 17.6 Å². The average Bonchev–Trinajstić information content (AvgIpc) is 2.84. The largest absolute Gasteiger partial charge is 0.497 e. The van der Waals surface area contributed by atoms with Crippen LogP contribution in [0.4, 0.5) is 5.69 Å². The van der Waals surface area contributed by atoms with Gasteiger partial charge in [-0.05, 0) is 79.1 Å². The van der Waals surface area contributed by atoms with Crippen molar-refractivity contribution in [2.75, 3.05) is 25.2 Å². The second-order valence-corrected chi connectivity index (χ2v) is 7.83. The molecule has 1 aliphatic rings. The number of rotatable bonds is 8. The number of methoxy groups -OCH3 is 1. The molecule has 3 aromatic rings. The summed E-state index contributed by atoms with van der Waals surface area (Å²) in [6.45, 7) is 4.78. The number of carbonyl (C=O) groups excluding carboxylic acids is 1.